The molecule has 1 aromatic heterocycles. The first kappa shape index (κ1) is 19.7. The molecule has 7 heteroatoms. The van der Waals surface area contributed by atoms with Crippen molar-refractivity contribution in [3.05, 3.63) is 60.1 Å². The van der Waals surface area contributed by atoms with Crippen molar-refractivity contribution in [2.75, 3.05) is 32.8 Å². The highest BCUT2D eigenvalue weighted by Gasteiger charge is 2.36. The van der Waals surface area contributed by atoms with Gasteiger partial charge in [-0.15, -0.1) is 0 Å². The summed E-state index contributed by atoms with van der Waals surface area (Å²) >= 11 is 0. The van der Waals surface area contributed by atoms with Crippen molar-refractivity contribution in [3.63, 3.8) is 0 Å². The molecule has 2 amide bonds. The van der Waals surface area contributed by atoms with Gasteiger partial charge in [0.1, 0.15) is 11.8 Å². The Bertz CT molecular complexity index is 803. The van der Waals surface area contributed by atoms with Crippen LogP contribution in [-0.2, 0) is 20.9 Å². The average Bonchev–Trinajstić information content (AvgIpc) is 3.41. The lowest BCUT2D eigenvalue weighted by molar-refractivity contribution is -0.136. The van der Waals surface area contributed by atoms with Crippen LogP contribution < -0.4 is 5.32 Å². The van der Waals surface area contributed by atoms with Gasteiger partial charge in [0.15, 0.2) is 0 Å². The quantitative estimate of drug-likeness (QED) is 0.773. The third-order valence-electron chi connectivity index (χ3n) is 5.65. The van der Waals surface area contributed by atoms with Gasteiger partial charge < -0.3 is 19.4 Å². The molecule has 0 bridgehead atoms. The van der Waals surface area contributed by atoms with Gasteiger partial charge in [-0.25, -0.2) is 0 Å². The van der Waals surface area contributed by atoms with E-state index in [0.717, 1.165) is 24.4 Å². The molecule has 4 rings (SSSR count). The highest BCUT2D eigenvalue weighted by Crippen LogP contribution is 2.24. The summed E-state index contributed by atoms with van der Waals surface area (Å²) in [5.74, 6) is 0.761. The van der Waals surface area contributed by atoms with E-state index in [4.69, 9.17) is 9.15 Å². The number of carbonyl (C=O) groups excluding carboxylic acids is 2. The van der Waals surface area contributed by atoms with Crippen molar-refractivity contribution in [2.24, 2.45) is 0 Å². The second-order valence-electron chi connectivity index (χ2n) is 7.49. The molecule has 2 aromatic rings. The lowest BCUT2D eigenvalue weighted by Gasteiger charge is -2.34. The van der Waals surface area contributed by atoms with E-state index in [0.29, 0.717) is 39.1 Å². The van der Waals surface area contributed by atoms with Crippen molar-refractivity contribution < 1.29 is 18.7 Å². The normalized spacial score (nSPS) is 21.3. The molecule has 1 N–H and O–H groups in total. The molecule has 2 saturated heterocycles. The van der Waals surface area contributed by atoms with Crippen molar-refractivity contribution in [3.8, 4) is 0 Å². The first-order chi connectivity index (χ1) is 14.2. The highest BCUT2D eigenvalue weighted by molar-refractivity contribution is 5.90. The monoisotopic (exact) mass is 397 g/mol. The fourth-order valence-corrected chi connectivity index (χ4v) is 4.08. The van der Waals surface area contributed by atoms with Gasteiger partial charge in [0.2, 0.25) is 11.8 Å². The van der Waals surface area contributed by atoms with Crippen molar-refractivity contribution >= 4 is 11.8 Å². The van der Waals surface area contributed by atoms with Crippen LogP contribution in [0.2, 0.25) is 0 Å². The summed E-state index contributed by atoms with van der Waals surface area (Å²) in [6.07, 6.45) is 2.62. The summed E-state index contributed by atoms with van der Waals surface area (Å²) in [5.41, 5.74) is 1.03. The molecular formula is C22H27N3O4. The molecule has 2 unspecified atom stereocenters. The van der Waals surface area contributed by atoms with Crippen LogP contribution in [0.4, 0.5) is 0 Å². The Morgan fingerprint density at radius 2 is 1.93 bits per heavy atom. The first-order valence-corrected chi connectivity index (χ1v) is 10.2. The lowest BCUT2D eigenvalue weighted by Crippen LogP contribution is -2.48. The van der Waals surface area contributed by atoms with Gasteiger partial charge in [-0.1, -0.05) is 30.3 Å². The van der Waals surface area contributed by atoms with Crippen molar-refractivity contribution in [2.45, 2.75) is 31.5 Å². The molecule has 2 aliphatic heterocycles. The van der Waals surface area contributed by atoms with Gasteiger partial charge in [0.25, 0.3) is 0 Å². The smallest absolute Gasteiger partial charge is 0.242 e. The molecule has 0 spiro atoms. The van der Waals surface area contributed by atoms with Crippen LogP contribution in [0.15, 0.2) is 53.1 Å². The average molecular weight is 397 g/mol. The van der Waals surface area contributed by atoms with Crippen LogP contribution in [0.3, 0.4) is 0 Å². The number of rotatable bonds is 7. The SMILES string of the molecule is O=C(NCC(c1ccco1)N1CCOCC1)C1CCC(=O)N1Cc1ccccc1. The van der Waals surface area contributed by atoms with Crippen LogP contribution in [0, 0.1) is 0 Å². The third-order valence-corrected chi connectivity index (χ3v) is 5.65. The summed E-state index contributed by atoms with van der Waals surface area (Å²) in [7, 11) is 0. The molecule has 154 valence electrons. The number of hydrogen-bond acceptors (Lipinski definition) is 5. The third kappa shape index (κ3) is 4.68. The number of benzene rings is 1. The zero-order chi connectivity index (χ0) is 20.1. The zero-order valence-electron chi connectivity index (χ0n) is 16.5. The van der Waals surface area contributed by atoms with Gasteiger partial charge in [-0.2, -0.15) is 0 Å². The van der Waals surface area contributed by atoms with E-state index in [1.165, 1.54) is 0 Å². The van der Waals surface area contributed by atoms with E-state index in [-0.39, 0.29) is 17.9 Å². The number of carbonyl (C=O) groups is 2. The van der Waals surface area contributed by atoms with Crippen LogP contribution >= 0.6 is 0 Å². The molecule has 29 heavy (non-hydrogen) atoms. The number of likely N-dealkylation sites (tertiary alicyclic amines) is 1. The van der Waals surface area contributed by atoms with E-state index in [2.05, 4.69) is 10.2 Å². The van der Waals surface area contributed by atoms with Crippen molar-refractivity contribution in [1.29, 1.82) is 0 Å². The summed E-state index contributed by atoms with van der Waals surface area (Å²) in [5, 5.41) is 3.07. The second-order valence-corrected chi connectivity index (χ2v) is 7.49. The topological polar surface area (TPSA) is 75.0 Å². The van der Waals surface area contributed by atoms with E-state index in [9.17, 15) is 9.59 Å². The zero-order valence-corrected chi connectivity index (χ0v) is 16.5. The standard InChI is InChI=1S/C22H27N3O4/c26-21-9-8-18(25(21)16-17-5-2-1-3-6-17)22(27)23-15-19(20-7-4-12-29-20)24-10-13-28-14-11-24/h1-7,12,18-19H,8-11,13-16H2,(H,23,27). The van der Waals surface area contributed by atoms with Crippen LogP contribution in [0.5, 0.6) is 0 Å². The highest BCUT2D eigenvalue weighted by atomic mass is 16.5. The number of furan rings is 1. The van der Waals surface area contributed by atoms with Gasteiger partial charge in [0.05, 0.1) is 25.5 Å². The molecule has 3 heterocycles. The Morgan fingerprint density at radius 3 is 2.66 bits per heavy atom. The van der Waals surface area contributed by atoms with Crippen LogP contribution in [-0.4, -0.2) is 60.5 Å². The number of nitrogens with zero attached hydrogens (tertiary/aromatic N) is 2. The molecule has 0 saturated carbocycles. The second kappa shape index (κ2) is 9.24. The Labute approximate surface area is 170 Å². The van der Waals surface area contributed by atoms with Crippen molar-refractivity contribution in [1.82, 2.24) is 15.1 Å². The lowest BCUT2D eigenvalue weighted by atomic mass is 10.1. The maximum Gasteiger partial charge on any atom is 0.242 e. The minimum Gasteiger partial charge on any atom is -0.468 e. The minimum absolute atomic E-state index is 0.0322. The summed E-state index contributed by atoms with van der Waals surface area (Å²) in [6.45, 7) is 3.84. The molecule has 2 fully saturated rings. The van der Waals surface area contributed by atoms with E-state index in [1.54, 1.807) is 11.2 Å². The van der Waals surface area contributed by atoms with E-state index in [1.807, 2.05) is 42.5 Å². The van der Waals surface area contributed by atoms with Gasteiger partial charge in [-0.3, -0.25) is 14.5 Å². The van der Waals surface area contributed by atoms with Crippen LogP contribution in [0.1, 0.15) is 30.2 Å². The fraction of sp³-hybridized carbons (Fsp3) is 0.455. The molecule has 1 aromatic carbocycles. The van der Waals surface area contributed by atoms with Crippen LogP contribution in [0.25, 0.3) is 0 Å². The minimum atomic E-state index is -0.426. The van der Waals surface area contributed by atoms with Gasteiger partial charge in [-0.05, 0) is 24.1 Å². The number of hydrogen-bond donors (Lipinski definition) is 1. The number of morpholine rings is 1. The number of amides is 2. The maximum atomic E-state index is 13.0. The first-order valence-electron chi connectivity index (χ1n) is 10.2. The number of ether oxygens (including phenoxy) is 1. The number of nitrogens with one attached hydrogen (secondary N) is 1. The summed E-state index contributed by atoms with van der Waals surface area (Å²) < 4.78 is 11.1. The fourth-order valence-electron chi connectivity index (χ4n) is 4.08. The summed E-state index contributed by atoms with van der Waals surface area (Å²) in [4.78, 5) is 29.3. The van der Waals surface area contributed by atoms with Gasteiger partial charge >= 0.3 is 0 Å². The Morgan fingerprint density at radius 1 is 1.14 bits per heavy atom. The van der Waals surface area contributed by atoms with E-state index < -0.39 is 6.04 Å². The summed E-state index contributed by atoms with van der Waals surface area (Å²) in [6, 6.07) is 13.1. The predicted octanol–water partition coefficient (Wildman–Crippen LogP) is 1.96. The van der Waals surface area contributed by atoms with Gasteiger partial charge in [0, 0.05) is 32.6 Å². The van der Waals surface area contributed by atoms with E-state index >= 15 is 0 Å². The molecule has 7 nitrogen and oxygen atoms in total. The Balaban J connectivity index is 1.41. The largest absolute Gasteiger partial charge is 0.468 e. The molecule has 0 aliphatic carbocycles. The molecule has 2 atom stereocenters. The maximum absolute atomic E-state index is 13.0. The Kier molecular flexibility index (Phi) is 6.27. The molecule has 2 aliphatic rings. The molecular weight excluding hydrogens is 370 g/mol. The molecule has 0 radical (unpaired) electrons. The Hall–Kier alpha value is -2.64. The predicted molar refractivity (Wildman–Crippen MR) is 107 cm³/mol.